The van der Waals surface area contributed by atoms with Crippen LogP contribution < -0.4 is 9.47 Å². The minimum atomic E-state index is -0.414. The van der Waals surface area contributed by atoms with E-state index in [9.17, 15) is 0 Å². The van der Waals surface area contributed by atoms with Gasteiger partial charge >= 0.3 is 0 Å². The molecule has 0 radical (unpaired) electrons. The number of hydrogen-bond acceptors (Lipinski definition) is 6. The summed E-state index contributed by atoms with van der Waals surface area (Å²) in [5, 5.41) is 9.05. The summed E-state index contributed by atoms with van der Waals surface area (Å²) in [7, 11) is 1.53. The van der Waals surface area contributed by atoms with E-state index in [0.29, 0.717) is 36.0 Å². The molecule has 0 N–H and O–H groups in total. The number of ether oxygens (including phenoxy) is 5. The predicted molar refractivity (Wildman–Crippen MR) is 92.5 cm³/mol. The maximum atomic E-state index is 9.05. The smallest absolute Gasteiger partial charge is 0.188 e. The molecule has 25 heavy (non-hydrogen) atoms. The monoisotopic (exact) mass is 405 g/mol. The fraction of sp³-hybridized carbons (Fsp3) is 0.278. The van der Waals surface area contributed by atoms with E-state index in [-0.39, 0.29) is 6.79 Å². The van der Waals surface area contributed by atoms with Crippen molar-refractivity contribution in [2.24, 2.45) is 0 Å². The molecular formula is C18H16BrNO5. The summed E-state index contributed by atoms with van der Waals surface area (Å²) >= 11 is 3.50. The minimum Gasteiger partial charge on any atom is -0.464 e. The quantitative estimate of drug-likeness (QED) is 0.672. The highest BCUT2D eigenvalue weighted by Crippen LogP contribution is 2.37. The molecule has 0 atom stereocenters. The molecule has 2 aromatic rings. The van der Waals surface area contributed by atoms with Crippen molar-refractivity contribution in [1.29, 1.82) is 5.26 Å². The zero-order valence-corrected chi connectivity index (χ0v) is 15.1. The zero-order valence-electron chi connectivity index (χ0n) is 13.5. The molecule has 0 bridgehead atoms. The first-order chi connectivity index (χ1) is 12.2. The summed E-state index contributed by atoms with van der Waals surface area (Å²) < 4.78 is 28.3. The second kappa shape index (κ2) is 8.32. The normalized spacial score (nSPS) is 14.3. The molecule has 0 aromatic heterocycles. The van der Waals surface area contributed by atoms with Crippen molar-refractivity contribution >= 4 is 15.9 Å². The summed E-state index contributed by atoms with van der Waals surface area (Å²) in [4.78, 5) is 0. The van der Waals surface area contributed by atoms with Crippen LogP contribution in [-0.4, -0.2) is 27.1 Å². The largest absolute Gasteiger partial charge is 0.464 e. The molecule has 6 nitrogen and oxygen atoms in total. The molecule has 0 spiro atoms. The Morgan fingerprint density at radius 3 is 2.68 bits per heavy atom. The van der Waals surface area contributed by atoms with E-state index in [1.165, 1.54) is 7.11 Å². The topological polar surface area (TPSA) is 69.9 Å². The highest BCUT2D eigenvalue weighted by Gasteiger charge is 2.21. The van der Waals surface area contributed by atoms with E-state index in [1.54, 1.807) is 18.2 Å². The molecule has 1 aliphatic rings. The van der Waals surface area contributed by atoms with Crippen molar-refractivity contribution in [3.63, 3.8) is 0 Å². The van der Waals surface area contributed by atoms with Crippen LogP contribution in [0.4, 0.5) is 0 Å². The van der Waals surface area contributed by atoms with Crippen molar-refractivity contribution in [2.45, 2.75) is 6.29 Å². The molecule has 0 aliphatic carbocycles. The van der Waals surface area contributed by atoms with Gasteiger partial charge in [-0.1, -0.05) is 15.9 Å². The van der Waals surface area contributed by atoms with Gasteiger partial charge in [-0.15, -0.1) is 0 Å². The number of hydrogen-bond donors (Lipinski definition) is 0. The van der Waals surface area contributed by atoms with Crippen molar-refractivity contribution in [3.05, 3.63) is 52.0 Å². The van der Waals surface area contributed by atoms with Crippen LogP contribution in [0.1, 0.15) is 17.4 Å². The first kappa shape index (κ1) is 17.7. The van der Waals surface area contributed by atoms with Crippen molar-refractivity contribution in [2.75, 3.05) is 27.1 Å². The second-order valence-corrected chi connectivity index (χ2v) is 6.04. The number of methoxy groups -OCH3 is 1. The molecule has 1 fully saturated rings. The molecule has 1 aliphatic heterocycles. The van der Waals surface area contributed by atoms with E-state index in [4.69, 9.17) is 28.9 Å². The number of halogens is 1. The van der Waals surface area contributed by atoms with Crippen LogP contribution in [0.25, 0.3) is 0 Å². The average Bonchev–Trinajstić information content (AvgIpc) is 3.17. The van der Waals surface area contributed by atoms with Crippen molar-refractivity contribution in [3.8, 4) is 23.3 Å². The molecule has 0 amide bonds. The van der Waals surface area contributed by atoms with E-state index in [1.807, 2.05) is 18.2 Å². The summed E-state index contributed by atoms with van der Waals surface area (Å²) in [5.74, 6) is 1.51. The summed E-state index contributed by atoms with van der Waals surface area (Å²) in [5.41, 5.74) is 1.32. The van der Waals surface area contributed by atoms with Gasteiger partial charge < -0.3 is 23.7 Å². The Kier molecular flexibility index (Phi) is 5.89. The van der Waals surface area contributed by atoms with Crippen LogP contribution in [0.5, 0.6) is 17.2 Å². The van der Waals surface area contributed by atoms with Crippen LogP contribution in [0, 0.1) is 11.3 Å². The van der Waals surface area contributed by atoms with Gasteiger partial charge in [-0.3, -0.25) is 0 Å². The molecule has 7 heteroatoms. The molecule has 0 unspecified atom stereocenters. The molecule has 1 saturated heterocycles. The highest BCUT2D eigenvalue weighted by molar-refractivity contribution is 9.10. The van der Waals surface area contributed by atoms with Gasteiger partial charge in [0.15, 0.2) is 24.6 Å². The Labute approximate surface area is 154 Å². The van der Waals surface area contributed by atoms with Gasteiger partial charge in [-0.05, 0) is 30.3 Å². The first-order valence-corrected chi connectivity index (χ1v) is 8.37. The lowest BCUT2D eigenvalue weighted by atomic mass is 10.2. The summed E-state index contributed by atoms with van der Waals surface area (Å²) in [6.07, 6.45) is -0.414. The average molecular weight is 406 g/mol. The van der Waals surface area contributed by atoms with Gasteiger partial charge in [0.2, 0.25) is 0 Å². The van der Waals surface area contributed by atoms with Crippen LogP contribution in [0.15, 0.2) is 40.9 Å². The summed E-state index contributed by atoms with van der Waals surface area (Å²) in [6, 6.07) is 12.6. The summed E-state index contributed by atoms with van der Waals surface area (Å²) in [6.45, 7) is 1.18. The highest BCUT2D eigenvalue weighted by atomic mass is 79.9. The lowest BCUT2D eigenvalue weighted by Gasteiger charge is -2.15. The van der Waals surface area contributed by atoms with E-state index >= 15 is 0 Å². The lowest BCUT2D eigenvalue weighted by Crippen LogP contribution is -2.02. The number of nitrogens with zero attached hydrogens (tertiary/aromatic N) is 1. The fourth-order valence-electron chi connectivity index (χ4n) is 2.33. The van der Waals surface area contributed by atoms with Gasteiger partial charge in [-0.2, -0.15) is 5.26 Å². The lowest BCUT2D eigenvalue weighted by molar-refractivity contribution is -0.0447. The Morgan fingerprint density at radius 2 is 1.96 bits per heavy atom. The van der Waals surface area contributed by atoms with Gasteiger partial charge in [0, 0.05) is 23.2 Å². The fourth-order valence-corrected chi connectivity index (χ4v) is 2.76. The molecular weight excluding hydrogens is 390 g/mol. The van der Waals surface area contributed by atoms with Crippen molar-refractivity contribution < 1.29 is 23.7 Å². The van der Waals surface area contributed by atoms with E-state index in [2.05, 4.69) is 22.0 Å². The SMILES string of the molecule is COCOc1cc(C#N)ccc1Oc1ccc(Br)c(C2OCCO2)c1. The van der Waals surface area contributed by atoms with Crippen LogP contribution in [0.2, 0.25) is 0 Å². The van der Waals surface area contributed by atoms with Gasteiger partial charge in [0.1, 0.15) is 5.75 Å². The Balaban J connectivity index is 1.86. The van der Waals surface area contributed by atoms with Gasteiger partial charge in [0.05, 0.1) is 24.8 Å². The zero-order chi connectivity index (χ0) is 17.6. The molecule has 130 valence electrons. The third kappa shape index (κ3) is 4.30. The number of rotatable bonds is 6. The van der Waals surface area contributed by atoms with Crippen LogP contribution in [-0.2, 0) is 14.2 Å². The Hall–Kier alpha value is -2.11. The Morgan fingerprint density at radius 1 is 1.16 bits per heavy atom. The van der Waals surface area contributed by atoms with Crippen molar-refractivity contribution in [1.82, 2.24) is 0 Å². The second-order valence-electron chi connectivity index (χ2n) is 5.18. The number of benzene rings is 2. The third-order valence-electron chi connectivity index (χ3n) is 3.48. The molecule has 3 rings (SSSR count). The standard InChI is InChI=1S/C18H16BrNO5/c1-21-11-24-17-8-12(10-20)2-5-16(17)25-13-3-4-15(19)14(9-13)18-22-6-7-23-18/h2-5,8-9,18H,6-7,11H2,1H3. The van der Waals surface area contributed by atoms with Crippen LogP contribution >= 0.6 is 15.9 Å². The number of nitriles is 1. The minimum absolute atomic E-state index is 0.0561. The maximum absolute atomic E-state index is 9.05. The van der Waals surface area contributed by atoms with E-state index in [0.717, 1.165) is 10.0 Å². The molecule has 0 saturated carbocycles. The van der Waals surface area contributed by atoms with Gasteiger partial charge in [-0.25, -0.2) is 0 Å². The molecule has 2 aromatic carbocycles. The molecule has 1 heterocycles. The van der Waals surface area contributed by atoms with Gasteiger partial charge in [0.25, 0.3) is 0 Å². The van der Waals surface area contributed by atoms with E-state index < -0.39 is 6.29 Å². The van der Waals surface area contributed by atoms with Crippen LogP contribution in [0.3, 0.4) is 0 Å². The third-order valence-corrected chi connectivity index (χ3v) is 4.20. The maximum Gasteiger partial charge on any atom is 0.188 e. The predicted octanol–water partition coefficient (Wildman–Crippen LogP) is 4.14. The Bertz CT molecular complexity index is 784. The first-order valence-electron chi connectivity index (χ1n) is 7.57.